The number of H-pyrrole nitrogens is 1. The summed E-state index contributed by atoms with van der Waals surface area (Å²) in [6.45, 7) is 0.967. The SMILES string of the molecule is C1=CN2CC=CCC2=c2[nH]c3ccccc3c2=C1. The van der Waals surface area contributed by atoms with E-state index in [4.69, 9.17) is 0 Å². The lowest BCUT2D eigenvalue weighted by Crippen LogP contribution is -2.32. The zero-order chi connectivity index (χ0) is 11.9. The van der Waals surface area contributed by atoms with E-state index >= 15 is 0 Å². The first-order chi connectivity index (χ1) is 8.93. The maximum atomic E-state index is 3.57. The molecule has 2 nitrogen and oxygen atoms in total. The largest absolute Gasteiger partial charge is 0.353 e. The van der Waals surface area contributed by atoms with Gasteiger partial charge in [-0.05, 0) is 12.1 Å². The minimum Gasteiger partial charge on any atom is -0.353 e. The molecule has 2 aliphatic rings. The van der Waals surface area contributed by atoms with Crippen LogP contribution in [-0.2, 0) is 0 Å². The molecule has 0 fully saturated rings. The minimum absolute atomic E-state index is 0.967. The third kappa shape index (κ3) is 1.29. The highest BCUT2D eigenvalue weighted by atomic mass is 15.1. The molecule has 1 aromatic carbocycles. The molecule has 0 saturated heterocycles. The fourth-order valence-corrected chi connectivity index (χ4v) is 2.81. The number of rotatable bonds is 0. The van der Waals surface area contributed by atoms with E-state index in [2.05, 4.69) is 64.7 Å². The Labute approximate surface area is 105 Å². The lowest BCUT2D eigenvalue weighted by atomic mass is 10.1. The van der Waals surface area contributed by atoms with Gasteiger partial charge < -0.3 is 9.88 Å². The summed E-state index contributed by atoms with van der Waals surface area (Å²) in [6, 6.07) is 8.51. The first-order valence-electron chi connectivity index (χ1n) is 6.33. The molecule has 2 aliphatic heterocycles. The molecule has 0 radical (unpaired) electrons. The summed E-state index contributed by atoms with van der Waals surface area (Å²) >= 11 is 0. The van der Waals surface area contributed by atoms with Crippen molar-refractivity contribution in [1.29, 1.82) is 0 Å². The maximum Gasteiger partial charge on any atom is 0.0666 e. The smallest absolute Gasteiger partial charge is 0.0666 e. The summed E-state index contributed by atoms with van der Waals surface area (Å²) in [5.74, 6) is 0. The molecule has 1 aromatic heterocycles. The number of para-hydroxylation sites is 1. The van der Waals surface area contributed by atoms with Crippen molar-refractivity contribution < 1.29 is 0 Å². The Morgan fingerprint density at radius 1 is 1.11 bits per heavy atom. The normalized spacial score (nSPS) is 17.3. The van der Waals surface area contributed by atoms with Crippen molar-refractivity contribution in [2.75, 3.05) is 6.54 Å². The first kappa shape index (κ1) is 9.77. The third-order valence-corrected chi connectivity index (χ3v) is 3.69. The van der Waals surface area contributed by atoms with Crippen LogP contribution in [0.3, 0.4) is 0 Å². The lowest BCUT2D eigenvalue weighted by molar-refractivity contribution is 0.560. The average molecular weight is 234 g/mol. The quantitative estimate of drug-likeness (QED) is 0.689. The number of fused-ring (bicyclic) bond motifs is 4. The number of aromatic nitrogens is 1. The highest BCUT2D eigenvalue weighted by molar-refractivity contribution is 5.82. The Morgan fingerprint density at radius 3 is 3.06 bits per heavy atom. The Hall–Kier alpha value is -2.22. The Balaban J connectivity index is 2.20. The third-order valence-electron chi connectivity index (χ3n) is 3.69. The summed E-state index contributed by atoms with van der Waals surface area (Å²) in [7, 11) is 0. The standard InChI is InChI=1S/C16H14N2/c1-2-8-14-12(6-1)13-7-5-11-18-10-4-3-9-15(18)16(13)17-14/h1-8,11,17H,9-10H2. The van der Waals surface area contributed by atoms with Crippen molar-refractivity contribution in [3.8, 4) is 0 Å². The van der Waals surface area contributed by atoms with E-state index in [9.17, 15) is 0 Å². The molecule has 0 amide bonds. The highest BCUT2D eigenvalue weighted by Gasteiger charge is 2.13. The zero-order valence-electron chi connectivity index (χ0n) is 10.1. The second-order valence-electron chi connectivity index (χ2n) is 4.74. The van der Waals surface area contributed by atoms with Gasteiger partial charge in [0.05, 0.1) is 5.35 Å². The van der Waals surface area contributed by atoms with Crippen LogP contribution in [0.1, 0.15) is 6.42 Å². The van der Waals surface area contributed by atoms with E-state index in [0.29, 0.717) is 0 Å². The van der Waals surface area contributed by atoms with Gasteiger partial charge in [0.1, 0.15) is 0 Å². The van der Waals surface area contributed by atoms with Crippen LogP contribution < -0.4 is 10.6 Å². The molecule has 0 atom stereocenters. The second kappa shape index (κ2) is 3.64. The second-order valence-corrected chi connectivity index (χ2v) is 4.74. The van der Waals surface area contributed by atoms with Crippen molar-refractivity contribution in [2.45, 2.75) is 6.42 Å². The molecule has 18 heavy (non-hydrogen) atoms. The van der Waals surface area contributed by atoms with Crippen LogP contribution in [0.4, 0.5) is 0 Å². The minimum atomic E-state index is 0.967. The van der Waals surface area contributed by atoms with Crippen molar-refractivity contribution >= 4 is 22.7 Å². The van der Waals surface area contributed by atoms with Crippen LogP contribution in [0.15, 0.2) is 48.7 Å². The van der Waals surface area contributed by atoms with Crippen LogP contribution in [-0.4, -0.2) is 16.4 Å². The monoisotopic (exact) mass is 234 g/mol. The summed E-state index contributed by atoms with van der Waals surface area (Å²) in [5, 5.41) is 3.89. The zero-order valence-corrected chi connectivity index (χ0v) is 10.1. The molecule has 2 aromatic rings. The lowest BCUT2D eigenvalue weighted by Gasteiger charge is -2.23. The van der Waals surface area contributed by atoms with Gasteiger partial charge in [-0.2, -0.15) is 0 Å². The van der Waals surface area contributed by atoms with Gasteiger partial charge >= 0.3 is 0 Å². The van der Waals surface area contributed by atoms with Gasteiger partial charge in [0.25, 0.3) is 0 Å². The van der Waals surface area contributed by atoms with Crippen LogP contribution >= 0.6 is 0 Å². The van der Waals surface area contributed by atoms with Crippen LogP contribution in [0, 0.1) is 0 Å². The predicted octanol–water partition coefficient (Wildman–Crippen LogP) is 1.85. The van der Waals surface area contributed by atoms with Gasteiger partial charge in [-0.3, -0.25) is 0 Å². The van der Waals surface area contributed by atoms with Crippen molar-refractivity contribution in [3.05, 3.63) is 59.3 Å². The van der Waals surface area contributed by atoms with E-state index in [0.717, 1.165) is 13.0 Å². The van der Waals surface area contributed by atoms with Gasteiger partial charge in [-0.15, -0.1) is 0 Å². The number of hydrogen-bond acceptors (Lipinski definition) is 1. The molecule has 0 unspecified atom stereocenters. The van der Waals surface area contributed by atoms with E-state index in [1.54, 1.807) is 0 Å². The molecule has 4 rings (SSSR count). The average Bonchev–Trinajstić information content (AvgIpc) is 2.69. The molecule has 0 saturated carbocycles. The number of benzene rings is 1. The molecule has 1 N–H and O–H groups in total. The van der Waals surface area contributed by atoms with Gasteiger partial charge in [-0.25, -0.2) is 0 Å². The maximum absolute atomic E-state index is 3.57. The topological polar surface area (TPSA) is 19.0 Å². The molecule has 0 aliphatic carbocycles. The van der Waals surface area contributed by atoms with Gasteiger partial charge in [0, 0.05) is 41.0 Å². The number of allylic oxidation sites excluding steroid dienone is 1. The molecule has 2 heteroatoms. The molecule has 0 spiro atoms. The van der Waals surface area contributed by atoms with Crippen LogP contribution in [0.2, 0.25) is 0 Å². The van der Waals surface area contributed by atoms with Crippen LogP contribution in [0.25, 0.3) is 22.7 Å². The van der Waals surface area contributed by atoms with E-state index in [1.807, 2.05) is 0 Å². The Kier molecular flexibility index (Phi) is 1.97. The predicted molar refractivity (Wildman–Crippen MR) is 75.0 cm³/mol. The number of nitrogens with one attached hydrogen (secondary N) is 1. The molecule has 3 heterocycles. The van der Waals surface area contributed by atoms with Crippen molar-refractivity contribution in [3.63, 3.8) is 0 Å². The van der Waals surface area contributed by atoms with Gasteiger partial charge in [0.15, 0.2) is 0 Å². The number of nitrogens with zero attached hydrogens (tertiary/aromatic N) is 1. The summed E-state index contributed by atoms with van der Waals surface area (Å²) < 4.78 is 0. The van der Waals surface area contributed by atoms with Gasteiger partial charge in [-0.1, -0.05) is 36.4 Å². The van der Waals surface area contributed by atoms with E-state index in [1.165, 1.54) is 27.2 Å². The van der Waals surface area contributed by atoms with E-state index < -0.39 is 0 Å². The summed E-state index contributed by atoms with van der Waals surface area (Å²) in [6.07, 6.45) is 12.0. The summed E-state index contributed by atoms with van der Waals surface area (Å²) in [5.41, 5.74) is 2.59. The van der Waals surface area contributed by atoms with Crippen molar-refractivity contribution in [1.82, 2.24) is 9.88 Å². The van der Waals surface area contributed by atoms with Gasteiger partial charge in [0.2, 0.25) is 0 Å². The first-order valence-corrected chi connectivity index (χ1v) is 6.33. The molecule has 88 valence electrons. The summed E-state index contributed by atoms with van der Waals surface area (Å²) in [4.78, 5) is 5.89. The number of aromatic amines is 1. The van der Waals surface area contributed by atoms with E-state index in [-0.39, 0.29) is 0 Å². The Morgan fingerprint density at radius 2 is 2.06 bits per heavy atom. The molecular weight excluding hydrogens is 220 g/mol. The van der Waals surface area contributed by atoms with Crippen molar-refractivity contribution in [2.24, 2.45) is 0 Å². The fraction of sp³-hybridized carbons (Fsp3) is 0.125. The number of hydrogen-bond donors (Lipinski definition) is 1. The van der Waals surface area contributed by atoms with Crippen LogP contribution in [0.5, 0.6) is 0 Å². The highest BCUT2D eigenvalue weighted by Crippen LogP contribution is 2.17. The Bertz CT molecular complexity index is 790. The molecular formula is C16H14N2. The molecule has 0 bridgehead atoms. The fourth-order valence-electron chi connectivity index (χ4n) is 2.81.